The van der Waals surface area contributed by atoms with Crippen molar-refractivity contribution in [1.29, 1.82) is 0 Å². The van der Waals surface area contributed by atoms with Crippen LogP contribution in [0.25, 0.3) is 0 Å². The Kier molecular flexibility index (Phi) is 8.06. The van der Waals surface area contributed by atoms with Gasteiger partial charge in [0, 0.05) is 44.7 Å². The first-order valence-corrected chi connectivity index (χ1v) is 12.0. The number of carbonyl (C=O) groups is 3. The van der Waals surface area contributed by atoms with Gasteiger partial charge in [-0.25, -0.2) is 13.2 Å². The number of esters is 1. The number of hydrogen-bond donors (Lipinski definition) is 1. The molecule has 0 aliphatic carbocycles. The van der Waals surface area contributed by atoms with Crippen molar-refractivity contribution in [1.82, 2.24) is 14.5 Å². The van der Waals surface area contributed by atoms with Gasteiger partial charge in [-0.15, -0.1) is 0 Å². The smallest absolute Gasteiger partial charge is 0.338 e. The lowest BCUT2D eigenvalue weighted by Gasteiger charge is -2.33. The Morgan fingerprint density at radius 2 is 1.73 bits per heavy atom. The van der Waals surface area contributed by atoms with Crippen molar-refractivity contribution in [2.24, 2.45) is 0 Å². The van der Waals surface area contributed by atoms with E-state index in [1.54, 1.807) is 29.2 Å². The summed E-state index contributed by atoms with van der Waals surface area (Å²) in [6, 6.07) is 12.5. The number of rotatable bonds is 7. The molecule has 9 nitrogen and oxygen atoms in total. The Hall–Kier alpha value is -2.95. The zero-order valence-electron chi connectivity index (χ0n) is 18.0. The standard InChI is InChI=1S/C22H24ClN3O6S/c1-16(27)25-9-11-26(12-10-25)33(30,31)19-7-4-6-17(13-19)22(29)32-15-21(28)24-14-18-5-2-3-8-20(18)23/h2-8,13H,9-12,14-15H2,1H3,(H,24,28). The van der Waals surface area contributed by atoms with E-state index < -0.39 is 28.5 Å². The molecular formula is C22H24ClN3O6S. The van der Waals surface area contributed by atoms with Gasteiger partial charge in [0.25, 0.3) is 5.91 Å². The summed E-state index contributed by atoms with van der Waals surface area (Å²) in [5.74, 6) is -1.44. The molecule has 11 heteroatoms. The summed E-state index contributed by atoms with van der Waals surface area (Å²) in [6.45, 7) is 2.05. The van der Waals surface area contributed by atoms with Gasteiger partial charge in [-0.1, -0.05) is 35.9 Å². The van der Waals surface area contributed by atoms with Gasteiger partial charge >= 0.3 is 5.97 Å². The number of nitrogens with one attached hydrogen (secondary N) is 1. The van der Waals surface area contributed by atoms with E-state index in [1.165, 1.54) is 35.5 Å². The highest BCUT2D eigenvalue weighted by Gasteiger charge is 2.29. The maximum absolute atomic E-state index is 12.9. The van der Waals surface area contributed by atoms with E-state index in [0.717, 1.165) is 5.56 Å². The van der Waals surface area contributed by atoms with Crippen LogP contribution in [-0.4, -0.2) is 68.2 Å². The third-order valence-electron chi connectivity index (χ3n) is 5.16. The van der Waals surface area contributed by atoms with Crippen LogP contribution in [-0.2, 0) is 30.9 Å². The lowest BCUT2D eigenvalue weighted by Crippen LogP contribution is -2.49. The fraction of sp³-hybridized carbons (Fsp3) is 0.318. The fourth-order valence-corrected chi connectivity index (χ4v) is 4.95. The minimum atomic E-state index is -3.85. The Morgan fingerprint density at radius 3 is 2.39 bits per heavy atom. The molecule has 2 aromatic rings. The van der Waals surface area contributed by atoms with Crippen molar-refractivity contribution in [3.05, 3.63) is 64.7 Å². The average Bonchev–Trinajstić information content (AvgIpc) is 2.82. The summed E-state index contributed by atoms with van der Waals surface area (Å²) in [4.78, 5) is 37.4. The third-order valence-corrected chi connectivity index (χ3v) is 7.42. The summed E-state index contributed by atoms with van der Waals surface area (Å²) in [7, 11) is -3.85. The zero-order chi connectivity index (χ0) is 24.0. The molecule has 0 bridgehead atoms. The molecule has 1 fully saturated rings. The van der Waals surface area contributed by atoms with Crippen molar-refractivity contribution in [3.8, 4) is 0 Å². The first kappa shape index (κ1) is 24.7. The highest BCUT2D eigenvalue weighted by Crippen LogP contribution is 2.19. The number of sulfonamides is 1. The number of amides is 2. The van der Waals surface area contributed by atoms with Crippen LogP contribution in [0, 0.1) is 0 Å². The van der Waals surface area contributed by atoms with E-state index in [9.17, 15) is 22.8 Å². The molecule has 1 aliphatic rings. The maximum atomic E-state index is 12.9. The highest BCUT2D eigenvalue weighted by atomic mass is 35.5. The number of nitrogens with zero attached hydrogens (tertiary/aromatic N) is 2. The monoisotopic (exact) mass is 493 g/mol. The molecule has 2 aromatic carbocycles. The molecule has 2 amide bonds. The molecule has 3 rings (SSSR count). The van der Waals surface area contributed by atoms with Crippen LogP contribution in [0.1, 0.15) is 22.8 Å². The van der Waals surface area contributed by atoms with Gasteiger partial charge in [0.2, 0.25) is 15.9 Å². The second kappa shape index (κ2) is 10.8. The lowest BCUT2D eigenvalue weighted by atomic mass is 10.2. The highest BCUT2D eigenvalue weighted by molar-refractivity contribution is 7.89. The van der Waals surface area contributed by atoms with Crippen molar-refractivity contribution < 1.29 is 27.5 Å². The van der Waals surface area contributed by atoms with Gasteiger partial charge in [0.15, 0.2) is 6.61 Å². The van der Waals surface area contributed by atoms with E-state index in [-0.39, 0.29) is 36.0 Å². The van der Waals surface area contributed by atoms with E-state index in [0.29, 0.717) is 18.1 Å². The quantitative estimate of drug-likeness (QED) is 0.587. The average molecular weight is 494 g/mol. The minimum absolute atomic E-state index is 0.0114. The third kappa shape index (κ3) is 6.31. The summed E-state index contributed by atoms with van der Waals surface area (Å²) in [5, 5.41) is 3.12. The van der Waals surface area contributed by atoms with Gasteiger partial charge in [-0.05, 0) is 29.8 Å². The Balaban J connectivity index is 1.57. The number of halogens is 1. The molecule has 1 N–H and O–H groups in total. The molecular weight excluding hydrogens is 470 g/mol. The topological polar surface area (TPSA) is 113 Å². The lowest BCUT2D eigenvalue weighted by molar-refractivity contribution is -0.130. The molecule has 0 saturated carbocycles. The van der Waals surface area contributed by atoms with Gasteiger partial charge in [-0.2, -0.15) is 4.31 Å². The predicted molar refractivity (Wildman–Crippen MR) is 121 cm³/mol. The summed E-state index contributed by atoms with van der Waals surface area (Å²) < 4.78 is 32.2. The molecule has 0 unspecified atom stereocenters. The normalized spacial score (nSPS) is 14.5. The summed E-state index contributed by atoms with van der Waals surface area (Å²) >= 11 is 6.04. The van der Waals surface area contributed by atoms with Crippen LogP contribution in [0.4, 0.5) is 0 Å². The Labute approximate surface area is 197 Å². The molecule has 0 aromatic heterocycles. The predicted octanol–water partition coefficient (Wildman–Crippen LogP) is 1.67. The summed E-state index contributed by atoms with van der Waals surface area (Å²) in [5.41, 5.74) is 0.734. The molecule has 0 atom stereocenters. The molecule has 0 radical (unpaired) electrons. The molecule has 33 heavy (non-hydrogen) atoms. The Morgan fingerprint density at radius 1 is 1.03 bits per heavy atom. The Bertz CT molecular complexity index is 1150. The first-order chi connectivity index (χ1) is 15.7. The number of piperazine rings is 1. The van der Waals surface area contributed by atoms with Crippen molar-refractivity contribution >= 4 is 39.4 Å². The number of hydrogen-bond acceptors (Lipinski definition) is 6. The van der Waals surface area contributed by atoms with Crippen molar-refractivity contribution in [2.75, 3.05) is 32.8 Å². The van der Waals surface area contributed by atoms with Gasteiger partial charge < -0.3 is 15.0 Å². The van der Waals surface area contributed by atoms with E-state index >= 15 is 0 Å². The van der Waals surface area contributed by atoms with E-state index in [1.807, 2.05) is 0 Å². The second-order valence-corrected chi connectivity index (χ2v) is 9.73. The van der Waals surface area contributed by atoms with Crippen LogP contribution >= 0.6 is 11.6 Å². The molecule has 1 saturated heterocycles. The summed E-state index contributed by atoms with van der Waals surface area (Å²) in [6.07, 6.45) is 0. The van der Waals surface area contributed by atoms with Gasteiger partial charge in [0.1, 0.15) is 0 Å². The first-order valence-electron chi connectivity index (χ1n) is 10.2. The van der Waals surface area contributed by atoms with Gasteiger partial charge in [0.05, 0.1) is 10.5 Å². The van der Waals surface area contributed by atoms with Crippen molar-refractivity contribution in [2.45, 2.75) is 18.4 Å². The second-order valence-electron chi connectivity index (χ2n) is 7.38. The van der Waals surface area contributed by atoms with Crippen LogP contribution in [0.15, 0.2) is 53.4 Å². The SMILES string of the molecule is CC(=O)N1CCN(S(=O)(=O)c2cccc(C(=O)OCC(=O)NCc3ccccc3Cl)c2)CC1. The molecule has 1 aliphatic heterocycles. The van der Waals surface area contributed by atoms with Crippen LogP contribution < -0.4 is 5.32 Å². The number of benzene rings is 2. The van der Waals surface area contributed by atoms with E-state index in [4.69, 9.17) is 16.3 Å². The molecule has 0 spiro atoms. The van der Waals surface area contributed by atoms with Gasteiger partial charge in [-0.3, -0.25) is 9.59 Å². The number of carbonyl (C=O) groups excluding carboxylic acids is 3. The van der Waals surface area contributed by atoms with Crippen LogP contribution in [0.5, 0.6) is 0 Å². The minimum Gasteiger partial charge on any atom is -0.452 e. The largest absolute Gasteiger partial charge is 0.452 e. The van der Waals surface area contributed by atoms with Crippen LogP contribution in [0.3, 0.4) is 0 Å². The number of ether oxygens (including phenoxy) is 1. The fourth-order valence-electron chi connectivity index (χ4n) is 3.28. The van der Waals surface area contributed by atoms with Crippen LogP contribution in [0.2, 0.25) is 5.02 Å². The van der Waals surface area contributed by atoms with Crippen molar-refractivity contribution in [3.63, 3.8) is 0 Å². The molecule has 1 heterocycles. The zero-order valence-corrected chi connectivity index (χ0v) is 19.6. The van der Waals surface area contributed by atoms with E-state index in [2.05, 4.69) is 5.32 Å². The maximum Gasteiger partial charge on any atom is 0.338 e. The molecule has 176 valence electrons.